The summed E-state index contributed by atoms with van der Waals surface area (Å²) in [6, 6.07) is -4.51. The van der Waals surface area contributed by atoms with E-state index in [9.17, 15) is 24.3 Å². The lowest BCUT2D eigenvalue weighted by Gasteiger charge is -2.26. The Labute approximate surface area is 198 Å². The predicted molar refractivity (Wildman–Crippen MR) is 123 cm³/mol. The lowest BCUT2D eigenvalue weighted by Crippen LogP contribution is -2.58. The summed E-state index contributed by atoms with van der Waals surface area (Å²) in [5.41, 5.74) is 12.0. The number of imidazole rings is 1. The molecule has 0 aromatic carbocycles. The number of H-pyrrole nitrogens is 1. The van der Waals surface area contributed by atoms with Crippen molar-refractivity contribution in [3.63, 3.8) is 0 Å². The molecule has 13 heteroatoms. The number of carboxylic acids is 1. The second-order valence-electron chi connectivity index (χ2n) is 8.18. The Morgan fingerprint density at radius 1 is 1.06 bits per heavy atom. The van der Waals surface area contributed by atoms with Crippen LogP contribution in [0.3, 0.4) is 0 Å². The summed E-state index contributed by atoms with van der Waals surface area (Å²) in [4.78, 5) is 56.3. The molecule has 0 fully saturated rings. The number of carbonyl (C=O) groups is 4. The Morgan fingerprint density at radius 2 is 1.68 bits per heavy atom. The van der Waals surface area contributed by atoms with E-state index in [0.29, 0.717) is 31.5 Å². The summed E-state index contributed by atoms with van der Waals surface area (Å²) < 4.78 is 0. The standard InChI is InChI=1S/C21H37N7O6/c1-3-12(2)17(23)20(32)26-14(6-4-5-7-22)18(30)27-15(8-13-9-24-11-25-13)19(31)28-16(10-29)21(33)34/h9,11-12,14-17,29H,3-8,10,22-23H2,1-2H3,(H,24,25)(H,26,32)(H,27,30)(H,28,31)(H,33,34). The van der Waals surface area contributed by atoms with Crippen molar-refractivity contribution in [1.82, 2.24) is 25.9 Å². The molecule has 0 spiro atoms. The first kappa shape index (κ1) is 29.0. The number of carbonyl (C=O) groups excluding carboxylic acids is 3. The van der Waals surface area contributed by atoms with Crippen molar-refractivity contribution in [2.75, 3.05) is 13.2 Å². The average Bonchev–Trinajstić information content (AvgIpc) is 3.33. The fraction of sp³-hybridized carbons (Fsp3) is 0.667. The molecule has 10 N–H and O–H groups in total. The van der Waals surface area contributed by atoms with Gasteiger partial charge in [-0.25, -0.2) is 9.78 Å². The second kappa shape index (κ2) is 15.0. The molecule has 5 atom stereocenters. The van der Waals surface area contributed by atoms with E-state index in [2.05, 4.69) is 25.9 Å². The molecule has 192 valence electrons. The van der Waals surface area contributed by atoms with Gasteiger partial charge in [-0.05, 0) is 31.7 Å². The number of hydrogen-bond donors (Lipinski definition) is 8. The molecule has 0 radical (unpaired) electrons. The largest absolute Gasteiger partial charge is 0.480 e. The first-order valence-corrected chi connectivity index (χ1v) is 11.3. The van der Waals surface area contributed by atoms with Gasteiger partial charge in [0.05, 0.1) is 19.0 Å². The molecule has 1 heterocycles. The van der Waals surface area contributed by atoms with Gasteiger partial charge >= 0.3 is 5.97 Å². The number of carboxylic acid groups (broad SMARTS) is 1. The lowest BCUT2D eigenvalue weighted by molar-refractivity contribution is -0.143. The Hall–Kier alpha value is -3.03. The lowest BCUT2D eigenvalue weighted by atomic mass is 9.98. The van der Waals surface area contributed by atoms with Crippen molar-refractivity contribution in [2.24, 2.45) is 17.4 Å². The van der Waals surface area contributed by atoms with Gasteiger partial charge in [-0.3, -0.25) is 14.4 Å². The molecule has 1 rings (SSSR count). The van der Waals surface area contributed by atoms with Crippen LogP contribution in [0.2, 0.25) is 0 Å². The smallest absolute Gasteiger partial charge is 0.328 e. The normalized spacial score (nSPS) is 15.4. The maximum Gasteiger partial charge on any atom is 0.328 e. The van der Waals surface area contributed by atoms with Gasteiger partial charge in [-0.2, -0.15) is 0 Å². The number of aliphatic hydroxyl groups is 1. The highest BCUT2D eigenvalue weighted by Crippen LogP contribution is 2.08. The fourth-order valence-electron chi connectivity index (χ4n) is 3.10. The molecule has 34 heavy (non-hydrogen) atoms. The van der Waals surface area contributed by atoms with E-state index >= 15 is 0 Å². The Bertz CT molecular complexity index is 789. The first-order chi connectivity index (χ1) is 16.1. The van der Waals surface area contributed by atoms with Crippen LogP contribution in [0.15, 0.2) is 12.5 Å². The molecule has 0 saturated carbocycles. The molecular formula is C21H37N7O6. The number of hydrogen-bond acceptors (Lipinski definition) is 8. The monoisotopic (exact) mass is 483 g/mol. The van der Waals surface area contributed by atoms with Gasteiger partial charge < -0.3 is 42.6 Å². The third-order valence-corrected chi connectivity index (χ3v) is 5.55. The maximum atomic E-state index is 13.1. The zero-order valence-electron chi connectivity index (χ0n) is 19.6. The van der Waals surface area contributed by atoms with Gasteiger partial charge in [-0.1, -0.05) is 20.3 Å². The number of aliphatic hydroxyl groups excluding tert-OH is 1. The van der Waals surface area contributed by atoms with Crippen molar-refractivity contribution in [2.45, 2.75) is 70.1 Å². The number of nitrogens with zero attached hydrogens (tertiary/aromatic N) is 1. The van der Waals surface area contributed by atoms with E-state index in [1.165, 1.54) is 12.5 Å². The molecule has 0 bridgehead atoms. The summed E-state index contributed by atoms with van der Waals surface area (Å²) in [7, 11) is 0. The number of aliphatic carboxylic acids is 1. The zero-order valence-corrected chi connectivity index (χ0v) is 19.6. The minimum absolute atomic E-state index is 0.0226. The van der Waals surface area contributed by atoms with Crippen LogP contribution in [-0.2, 0) is 25.6 Å². The summed E-state index contributed by atoms with van der Waals surface area (Å²) in [5.74, 6) is -3.44. The van der Waals surface area contributed by atoms with Crippen LogP contribution in [0, 0.1) is 5.92 Å². The van der Waals surface area contributed by atoms with Gasteiger partial charge in [0.15, 0.2) is 0 Å². The van der Waals surface area contributed by atoms with Gasteiger partial charge in [0.1, 0.15) is 18.1 Å². The molecule has 3 amide bonds. The number of unbranched alkanes of at least 4 members (excludes halogenated alkanes) is 1. The van der Waals surface area contributed by atoms with Crippen LogP contribution >= 0.6 is 0 Å². The van der Waals surface area contributed by atoms with Crippen molar-refractivity contribution >= 4 is 23.7 Å². The molecule has 1 aromatic heterocycles. The molecule has 0 aliphatic carbocycles. The minimum Gasteiger partial charge on any atom is -0.480 e. The highest BCUT2D eigenvalue weighted by atomic mass is 16.4. The number of aromatic amines is 1. The summed E-state index contributed by atoms with van der Waals surface area (Å²) in [6.45, 7) is 3.32. The number of rotatable bonds is 16. The van der Waals surface area contributed by atoms with E-state index in [4.69, 9.17) is 16.6 Å². The van der Waals surface area contributed by atoms with E-state index < -0.39 is 54.5 Å². The maximum absolute atomic E-state index is 13.1. The molecule has 0 saturated heterocycles. The van der Waals surface area contributed by atoms with Crippen LogP contribution in [0.5, 0.6) is 0 Å². The highest BCUT2D eigenvalue weighted by molar-refractivity contribution is 5.94. The van der Waals surface area contributed by atoms with Crippen LogP contribution < -0.4 is 27.4 Å². The van der Waals surface area contributed by atoms with Crippen LogP contribution in [0.25, 0.3) is 0 Å². The molecule has 0 aliphatic rings. The topological polar surface area (TPSA) is 226 Å². The summed E-state index contributed by atoms with van der Waals surface area (Å²) >= 11 is 0. The molecule has 0 aliphatic heterocycles. The number of amides is 3. The van der Waals surface area contributed by atoms with Crippen LogP contribution in [0.1, 0.15) is 45.2 Å². The second-order valence-corrected chi connectivity index (χ2v) is 8.18. The summed E-state index contributed by atoms with van der Waals surface area (Å²) in [6.07, 6.45) is 4.97. The Kier molecular flexibility index (Phi) is 12.8. The fourth-order valence-corrected chi connectivity index (χ4v) is 3.10. The quantitative estimate of drug-likeness (QED) is 0.121. The SMILES string of the molecule is CCC(C)C(N)C(=O)NC(CCCCN)C(=O)NC(Cc1cnc[nH]1)C(=O)NC(CO)C(=O)O. The van der Waals surface area contributed by atoms with Gasteiger partial charge in [-0.15, -0.1) is 0 Å². The van der Waals surface area contributed by atoms with Crippen molar-refractivity contribution < 1.29 is 29.4 Å². The number of nitrogens with one attached hydrogen (secondary N) is 4. The number of nitrogens with two attached hydrogens (primary N) is 2. The van der Waals surface area contributed by atoms with Crippen LogP contribution in [0.4, 0.5) is 0 Å². The predicted octanol–water partition coefficient (Wildman–Crippen LogP) is -2.01. The Balaban J connectivity index is 3.03. The van der Waals surface area contributed by atoms with E-state index in [1.54, 1.807) is 0 Å². The number of aromatic nitrogens is 2. The Morgan fingerprint density at radius 3 is 2.21 bits per heavy atom. The van der Waals surface area contributed by atoms with Gasteiger partial charge in [0.2, 0.25) is 17.7 Å². The third-order valence-electron chi connectivity index (χ3n) is 5.55. The highest BCUT2D eigenvalue weighted by Gasteiger charge is 2.31. The average molecular weight is 484 g/mol. The first-order valence-electron chi connectivity index (χ1n) is 11.3. The van der Waals surface area contributed by atoms with Crippen molar-refractivity contribution in [3.05, 3.63) is 18.2 Å². The molecular weight excluding hydrogens is 446 g/mol. The van der Waals surface area contributed by atoms with Gasteiger partial charge in [0.25, 0.3) is 0 Å². The van der Waals surface area contributed by atoms with Crippen molar-refractivity contribution in [1.29, 1.82) is 0 Å². The molecule has 1 aromatic rings. The van der Waals surface area contributed by atoms with Crippen molar-refractivity contribution in [3.8, 4) is 0 Å². The zero-order chi connectivity index (χ0) is 25.7. The van der Waals surface area contributed by atoms with Crippen LogP contribution in [-0.4, -0.2) is 81.2 Å². The van der Waals surface area contributed by atoms with E-state index in [-0.39, 0.29) is 18.8 Å². The van der Waals surface area contributed by atoms with Gasteiger partial charge in [0, 0.05) is 18.3 Å². The molecule has 5 unspecified atom stereocenters. The van der Waals surface area contributed by atoms with E-state index in [1.807, 2.05) is 13.8 Å². The minimum atomic E-state index is -1.54. The molecule has 13 nitrogen and oxygen atoms in total. The third kappa shape index (κ3) is 9.45. The summed E-state index contributed by atoms with van der Waals surface area (Å²) in [5, 5.41) is 25.8. The van der Waals surface area contributed by atoms with E-state index in [0.717, 1.165) is 0 Å².